The smallest absolute Gasteiger partial charge is 0.412 e. The summed E-state index contributed by atoms with van der Waals surface area (Å²) in [6, 6.07) is 9.29. The highest BCUT2D eigenvalue weighted by molar-refractivity contribution is 6.18. The van der Waals surface area contributed by atoms with E-state index >= 15 is 0 Å². The molecule has 1 aromatic rings. The molecule has 1 saturated heterocycles. The van der Waals surface area contributed by atoms with E-state index in [0.29, 0.717) is 6.42 Å². The van der Waals surface area contributed by atoms with Crippen molar-refractivity contribution in [2.24, 2.45) is 10.8 Å². The third kappa shape index (κ3) is 6.64. The second-order valence-electron chi connectivity index (χ2n) is 10.9. The lowest BCUT2D eigenvalue weighted by molar-refractivity contribution is -0.181. The van der Waals surface area contributed by atoms with E-state index in [4.69, 9.17) is 16.3 Å². The summed E-state index contributed by atoms with van der Waals surface area (Å²) in [5.74, 6) is 0.0604. The van der Waals surface area contributed by atoms with Crippen LogP contribution in [0.3, 0.4) is 0 Å². The highest BCUT2D eigenvalue weighted by atomic mass is 35.5. The second kappa shape index (κ2) is 11.7. The number of carbonyl (C=O) groups is 2. The van der Waals surface area contributed by atoms with Crippen molar-refractivity contribution in [1.29, 1.82) is 0 Å². The lowest BCUT2D eigenvalue weighted by Gasteiger charge is -2.51. The van der Waals surface area contributed by atoms with Gasteiger partial charge in [0.05, 0.1) is 25.4 Å². The number of alkyl halides is 1. The highest BCUT2D eigenvalue weighted by Crippen LogP contribution is 2.46. The number of carbonyl (C=O) groups excluding carboxylic acids is 2. The van der Waals surface area contributed by atoms with Crippen LogP contribution in [0.2, 0.25) is 0 Å². The fraction of sp³-hybridized carbons (Fsp3) is 0.692. The van der Waals surface area contributed by atoms with Crippen molar-refractivity contribution in [2.75, 3.05) is 19.1 Å². The van der Waals surface area contributed by atoms with Crippen LogP contribution in [0.5, 0.6) is 0 Å². The number of halogens is 1. The summed E-state index contributed by atoms with van der Waals surface area (Å²) in [5.41, 5.74) is -1.58. The molecule has 0 spiro atoms. The number of hydrogen-bond acceptors (Lipinski definition) is 5. The maximum absolute atomic E-state index is 13.6. The molecular formula is C26H42ClN3O4. The number of ether oxygens (including phenoxy) is 1. The highest BCUT2D eigenvalue weighted by Gasteiger charge is 2.56. The van der Waals surface area contributed by atoms with E-state index in [1.54, 1.807) is 0 Å². The Bertz CT molecular complexity index is 806. The molecule has 1 aliphatic rings. The molecule has 1 heterocycles. The van der Waals surface area contributed by atoms with Gasteiger partial charge in [-0.2, -0.15) is 0 Å². The lowest BCUT2D eigenvalue weighted by atomic mass is 9.64. The fourth-order valence-corrected chi connectivity index (χ4v) is 4.76. The zero-order valence-corrected chi connectivity index (χ0v) is 22.2. The maximum atomic E-state index is 13.6. The van der Waals surface area contributed by atoms with Gasteiger partial charge in [-0.15, -0.1) is 11.6 Å². The molecule has 0 radical (unpaired) electrons. The standard InChI is InChI=1S/C26H42ClN3O4/c1-7-26(25(5,6)17-27,22(32)24(2,3)4)34-23(33)30(16-19-12-9-8-10-13-19)18-29-21(31)20-14-11-15-28-20/h8-10,12-13,20,22,28,32H,7,11,14-18H2,1-6H3,(H,29,31)/t20?,22?,26-/m0/s1. The first-order valence-corrected chi connectivity index (χ1v) is 12.7. The number of aliphatic hydroxyl groups excluding tert-OH is 1. The van der Waals surface area contributed by atoms with Gasteiger partial charge >= 0.3 is 6.09 Å². The molecule has 2 unspecified atom stereocenters. The van der Waals surface area contributed by atoms with Gasteiger partial charge in [0, 0.05) is 11.3 Å². The van der Waals surface area contributed by atoms with E-state index in [-0.39, 0.29) is 31.0 Å². The van der Waals surface area contributed by atoms with Crippen LogP contribution in [-0.4, -0.2) is 58.8 Å². The molecule has 3 atom stereocenters. The lowest BCUT2D eigenvalue weighted by Crippen LogP contribution is -2.62. The quantitative estimate of drug-likeness (QED) is 0.333. The van der Waals surface area contributed by atoms with Gasteiger partial charge in [-0.25, -0.2) is 4.79 Å². The van der Waals surface area contributed by atoms with Crippen LogP contribution in [0.1, 0.15) is 66.4 Å². The Balaban J connectivity index is 2.32. The minimum atomic E-state index is -1.23. The Morgan fingerprint density at radius 3 is 2.38 bits per heavy atom. The Kier molecular flexibility index (Phi) is 9.80. The number of nitrogens with zero attached hydrogens (tertiary/aromatic N) is 1. The molecule has 0 saturated carbocycles. The van der Waals surface area contributed by atoms with Gasteiger partial charge in [0.25, 0.3) is 0 Å². The summed E-state index contributed by atoms with van der Waals surface area (Å²) >= 11 is 6.34. The first kappa shape index (κ1) is 28.4. The Morgan fingerprint density at radius 1 is 1.24 bits per heavy atom. The van der Waals surface area contributed by atoms with Crippen molar-refractivity contribution in [3.05, 3.63) is 35.9 Å². The molecule has 0 aromatic heterocycles. The predicted octanol–water partition coefficient (Wildman–Crippen LogP) is 4.27. The van der Waals surface area contributed by atoms with Gasteiger partial charge < -0.3 is 20.5 Å². The molecule has 34 heavy (non-hydrogen) atoms. The van der Waals surface area contributed by atoms with E-state index in [1.807, 2.05) is 71.9 Å². The molecule has 1 aromatic carbocycles. The molecule has 1 fully saturated rings. The summed E-state index contributed by atoms with van der Waals surface area (Å²) in [7, 11) is 0. The monoisotopic (exact) mass is 495 g/mol. The number of hydrogen-bond donors (Lipinski definition) is 3. The zero-order chi connectivity index (χ0) is 25.6. The minimum Gasteiger partial charge on any atom is -0.439 e. The maximum Gasteiger partial charge on any atom is 0.412 e. The van der Waals surface area contributed by atoms with Crippen LogP contribution in [0, 0.1) is 10.8 Å². The minimum absolute atomic E-state index is 0.00253. The van der Waals surface area contributed by atoms with Crippen LogP contribution in [-0.2, 0) is 16.1 Å². The van der Waals surface area contributed by atoms with Crippen LogP contribution in [0.15, 0.2) is 30.3 Å². The van der Waals surface area contributed by atoms with Crippen molar-refractivity contribution >= 4 is 23.6 Å². The second-order valence-corrected chi connectivity index (χ2v) is 11.2. The molecule has 192 valence electrons. The van der Waals surface area contributed by atoms with Crippen molar-refractivity contribution in [1.82, 2.24) is 15.5 Å². The van der Waals surface area contributed by atoms with Crippen molar-refractivity contribution in [2.45, 2.75) is 85.1 Å². The predicted molar refractivity (Wildman–Crippen MR) is 135 cm³/mol. The number of aliphatic hydroxyl groups is 1. The molecule has 2 amide bonds. The average Bonchev–Trinajstić information content (AvgIpc) is 3.34. The van der Waals surface area contributed by atoms with E-state index in [2.05, 4.69) is 10.6 Å². The summed E-state index contributed by atoms with van der Waals surface area (Å²) in [6.07, 6.45) is 0.542. The topological polar surface area (TPSA) is 90.9 Å². The summed E-state index contributed by atoms with van der Waals surface area (Å²) < 4.78 is 6.21. The van der Waals surface area contributed by atoms with Gasteiger partial charge in [-0.1, -0.05) is 71.9 Å². The molecular weight excluding hydrogens is 454 g/mol. The van der Waals surface area contributed by atoms with Gasteiger partial charge in [-0.05, 0) is 36.8 Å². The van der Waals surface area contributed by atoms with Crippen molar-refractivity contribution < 1.29 is 19.4 Å². The first-order chi connectivity index (χ1) is 15.9. The van der Waals surface area contributed by atoms with Crippen LogP contribution >= 0.6 is 11.6 Å². The molecule has 8 heteroatoms. The van der Waals surface area contributed by atoms with Gasteiger partial charge in [0.2, 0.25) is 5.91 Å². The van der Waals surface area contributed by atoms with Gasteiger partial charge in [0.15, 0.2) is 0 Å². The molecule has 2 rings (SSSR count). The molecule has 0 bridgehead atoms. The summed E-state index contributed by atoms with van der Waals surface area (Å²) in [4.78, 5) is 27.7. The third-order valence-corrected chi connectivity index (χ3v) is 7.50. The summed E-state index contributed by atoms with van der Waals surface area (Å²) in [6.45, 7) is 12.5. The molecule has 1 aliphatic heterocycles. The van der Waals surface area contributed by atoms with Crippen LogP contribution < -0.4 is 10.6 Å². The first-order valence-electron chi connectivity index (χ1n) is 12.1. The van der Waals surface area contributed by atoms with E-state index < -0.39 is 28.6 Å². The number of amides is 2. The Hall–Kier alpha value is -1.83. The normalized spacial score (nSPS) is 19.2. The van der Waals surface area contributed by atoms with Gasteiger partial charge in [0.1, 0.15) is 5.60 Å². The zero-order valence-electron chi connectivity index (χ0n) is 21.5. The molecule has 0 aliphatic carbocycles. The van der Waals surface area contributed by atoms with E-state index in [9.17, 15) is 14.7 Å². The molecule has 7 nitrogen and oxygen atoms in total. The average molecular weight is 496 g/mol. The van der Waals surface area contributed by atoms with Crippen molar-refractivity contribution in [3.8, 4) is 0 Å². The number of rotatable bonds is 10. The Morgan fingerprint density at radius 2 is 1.88 bits per heavy atom. The summed E-state index contributed by atoms with van der Waals surface area (Å²) in [5, 5.41) is 17.5. The van der Waals surface area contributed by atoms with E-state index in [1.165, 1.54) is 4.90 Å². The van der Waals surface area contributed by atoms with Gasteiger partial charge in [-0.3, -0.25) is 9.69 Å². The number of nitrogens with one attached hydrogen (secondary N) is 2. The molecule has 3 N–H and O–H groups in total. The Labute approximate surface area is 209 Å². The largest absolute Gasteiger partial charge is 0.439 e. The number of benzene rings is 1. The van der Waals surface area contributed by atoms with Crippen LogP contribution in [0.4, 0.5) is 4.79 Å². The van der Waals surface area contributed by atoms with E-state index in [0.717, 1.165) is 24.9 Å². The SMILES string of the molecule is CC[C@](OC(=O)N(CNC(=O)C1CCCN1)Cc1ccccc1)(C(O)C(C)(C)C)C(C)(C)CCl. The fourth-order valence-electron chi connectivity index (χ4n) is 4.53. The van der Waals surface area contributed by atoms with Crippen LogP contribution in [0.25, 0.3) is 0 Å². The van der Waals surface area contributed by atoms with Crippen molar-refractivity contribution in [3.63, 3.8) is 0 Å². The third-order valence-electron chi connectivity index (χ3n) is 6.83.